The molecule has 2 aromatic carbocycles. The summed E-state index contributed by atoms with van der Waals surface area (Å²) < 4.78 is 0. The quantitative estimate of drug-likeness (QED) is 0.307. The smallest absolute Gasteiger partial charge is 0.262 e. The first kappa shape index (κ1) is 20.9. The number of halogens is 2. The SMILES string of the molecule is CN1C(=O)/C(=C\c2ccc(Cl)c(Cl)c2)C(=O)c2cc(C#CCc3ccncc3)ccc21. The zero-order chi connectivity index (χ0) is 22.0. The molecule has 1 amide bonds. The minimum absolute atomic E-state index is 0.0651. The Morgan fingerprint density at radius 2 is 1.77 bits per heavy atom. The number of ketones is 1. The third kappa shape index (κ3) is 4.39. The van der Waals surface area contributed by atoms with E-state index in [0.717, 1.165) is 5.56 Å². The van der Waals surface area contributed by atoms with Gasteiger partial charge in [-0.1, -0.05) is 41.1 Å². The Morgan fingerprint density at radius 3 is 2.52 bits per heavy atom. The van der Waals surface area contributed by atoms with Crippen molar-refractivity contribution >= 4 is 46.7 Å². The van der Waals surface area contributed by atoms with Crippen LogP contribution in [0.25, 0.3) is 6.08 Å². The van der Waals surface area contributed by atoms with Crippen LogP contribution in [-0.2, 0) is 11.2 Å². The van der Waals surface area contributed by atoms with Crippen molar-refractivity contribution < 1.29 is 9.59 Å². The number of hydrogen-bond donors (Lipinski definition) is 0. The number of carbonyl (C=O) groups excluding carboxylic acids is 2. The number of aromatic nitrogens is 1. The van der Waals surface area contributed by atoms with Crippen LogP contribution >= 0.6 is 23.2 Å². The number of rotatable bonds is 2. The van der Waals surface area contributed by atoms with Crippen molar-refractivity contribution in [2.45, 2.75) is 6.42 Å². The van der Waals surface area contributed by atoms with Gasteiger partial charge in [0.15, 0.2) is 0 Å². The molecule has 152 valence electrons. The van der Waals surface area contributed by atoms with Gasteiger partial charge >= 0.3 is 0 Å². The van der Waals surface area contributed by atoms with E-state index in [0.29, 0.717) is 38.8 Å². The van der Waals surface area contributed by atoms with E-state index in [1.54, 1.807) is 49.8 Å². The second-order valence-electron chi connectivity index (χ2n) is 6.99. The summed E-state index contributed by atoms with van der Waals surface area (Å²) in [6.45, 7) is 0. The first-order chi connectivity index (χ1) is 14.9. The minimum atomic E-state index is -0.375. The molecule has 2 heterocycles. The summed E-state index contributed by atoms with van der Waals surface area (Å²) in [6, 6.07) is 14.1. The standard InChI is InChI=1S/C25H16Cl2N2O2/c1-29-23-8-6-17(4-2-3-16-9-11-28-12-10-16)13-19(23)24(30)20(25(29)31)14-18-5-7-21(26)22(27)15-18/h5-15H,3H2,1H3/b20-14-. The molecule has 4 nitrogen and oxygen atoms in total. The van der Waals surface area contributed by atoms with Crippen LogP contribution in [-0.4, -0.2) is 23.7 Å². The topological polar surface area (TPSA) is 50.3 Å². The molecule has 1 aromatic heterocycles. The lowest BCUT2D eigenvalue weighted by atomic mass is 9.92. The van der Waals surface area contributed by atoms with Crippen LogP contribution < -0.4 is 4.90 Å². The first-order valence-electron chi connectivity index (χ1n) is 9.45. The average Bonchev–Trinajstić information content (AvgIpc) is 2.78. The highest BCUT2D eigenvalue weighted by molar-refractivity contribution is 6.42. The van der Waals surface area contributed by atoms with Crippen molar-refractivity contribution in [3.8, 4) is 11.8 Å². The zero-order valence-electron chi connectivity index (χ0n) is 16.5. The van der Waals surface area contributed by atoms with Crippen LogP contribution in [0.3, 0.4) is 0 Å². The summed E-state index contributed by atoms with van der Waals surface area (Å²) in [5.41, 5.74) is 3.45. The number of Topliss-reactive ketones (excluding diaryl/α,β-unsaturated/α-hetero) is 1. The molecule has 1 aliphatic heterocycles. The van der Waals surface area contributed by atoms with Crippen molar-refractivity contribution in [3.63, 3.8) is 0 Å². The number of likely N-dealkylation sites (N-methyl/N-ethyl adjacent to an activating group) is 1. The van der Waals surface area contributed by atoms with Crippen molar-refractivity contribution in [2.75, 3.05) is 11.9 Å². The lowest BCUT2D eigenvalue weighted by Gasteiger charge is -2.26. The Bertz CT molecular complexity index is 1290. The maximum absolute atomic E-state index is 13.1. The van der Waals surface area contributed by atoms with Gasteiger partial charge in [0.1, 0.15) is 0 Å². The highest BCUT2D eigenvalue weighted by atomic mass is 35.5. The van der Waals surface area contributed by atoms with Gasteiger partial charge in [-0.2, -0.15) is 0 Å². The molecule has 0 bridgehead atoms. The molecule has 6 heteroatoms. The lowest BCUT2D eigenvalue weighted by Crippen LogP contribution is -2.36. The average molecular weight is 447 g/mol. The number of pyridine rings is 1. The van der Waals surface area contributed by atoms with Crippen LogP contribution in [0.4, 0.5) is 5.69 Å². The number of benzene rings is 2. The monoisotopic (exact) mass is 446 g/mol. The van der Waals surface area contributed by atoms with E-state index in [4.69, 9.17) is 23.2 Å². The number of amides is 1. The largest absolute Gasteiger partial charge is 0.311 e. The predicted molar refractivity (Wildman–Crippen MR) is 123 cm³/mol. The zero-order valence-corrected chi connectivity index (χ0v) is 18.0. The van der Waals surface area contributed by atoms with E-state index >= 15 is 0 Å². The van der Waals surface area contributed by atoms with Crippen molar-refractivity contribution in [1.29, 1.82) is 0 Å². The molecule has 0 aliphatic carbocycles. The van der Waals surface area contributed by atoms with Gasteiger partial charge in [-0.15, -0.1) is 0 Å². The fraction of sp³-hybridized carbons (Fsp3) is 0.0800. The molecule has 3 aromatic rings. The van der Waals surface area contributed by atoms with Crippen molar-refractivity contribution in [1.82, 2.24) is 4.98 Å². The summed E-state index contributed by atoms with van der Waals surface area (Å²) in [4.78, 5) is 31.4. The van der Waals surface area contributed by atoms with Crippen molar-refractivity contribution in [2.24, 2.45) is 0 Å². The second-order valence-corrected chi connectivity index (χ2v) is 7.81. The third-order valence-electron chi connectivity index (χ3n) is 4.91. The number of hydrogen-bond acceptors (Lipinski definition) is 3. The maximum Gasteiger partial charge on any atom is 0.262 e. The maximum atomic E-state index is 13.1. The summed E-state index contributed by atoms with van der Waals surface area (Å²) in [5.74, 6) is 5.48. The van der Waals surface area contributed by atoms with E-state index in [1.165, 1.54) is 11.0 Å². The first-order valence-corrected chi connectivity index (χ1v) is 10.2. The Hall–Kier alpha value is -3.39. The fourth-order valence-electron chi connectivity index (χ4n) is 3.27. The summed E-state index contributed by atoms with van der Waals surface area (Å²) in [5, 5.41) is 0.759. The molecule has 0 N–H and O–H groups in total. The summed E-state index contributed by atoms with van der Waals surface area (Å²) in [6.07, 6.45) is 5.56. The Labute approximate surface area is 190 Å². The van der Waals surface area contributed by atoms with Crippen LogP contribution in [0.5, 0.6) is 0 Å². The molecule has 4 rings (SSSR count). The normalized spacial score (nSPS) is 14.3. The Morgan fingerprint density at radius 1 is 1.00 bits per heavy atom. The Balaban J connectivity index is 1.67. The van der Waals surface area contributed by atoms with Gasteiger partial charge in [0.25, 0.3) is 5.91 Å². The third-order valence-corrected chi connectivity index (χ3v) is 5.65. The van der Waals surface area contributed by atoms with Gasteiger partial charge in [-0.05, 0) is 59.7 Å². The molecule has 0 unspecified atom stereocenters. The summed E-state index contributed by atoms with van der Waals surface area (Å²) in [7, 11) is 1.64. The molecule has 0 fully saturated rings. The minimum Gasteiger partial charge on any atom is -0.311 e. The predicted octanol–water partition coefficient (Wildman–Crippen LogP) is 5.23. The Kier molecular flexibility index (Phi) is 5.90. The lowest BCUT2D eigenvalue weighted by molar-refractivity contribution is -0.114. The van der Waals surface area contributed by atoms with E-state index in [-0.39, 0.29) is 17.3 Å². The van der Waals surface area contributed by atoms with E-state index in [2.05, 4.69) is 16.8 Å². The molecule has 0 saturated heterocycles. The molecule has 0 radical (unpaired) electrons. The number of anilines is 1. The molecule has 0 atom stereocenters. The van der Waals surface area contributed by atoms with Gasteiger partial charge in [0.2, 0.25) is 5.78 Å². The number of fused-ring (bicyclic) bond motifs is 1. The fourth-order valence-corrected chi connectivity index (χ4v) is 3.57. The van der Waals surface area contributed by atoms with Crippen LogP contribution in [0, 0.1) is 11.8 Å². The van der Waals surface area contributed by atoms with Gasteiger partial charge in [0.05, 0.1) is 21.3 Å². The summed E-state index contributed by atoms with van der Waals surface area (Å²) >= 11 is 12.0. The van der Waals surface area contributed by atoms with Gasteiger partial charge in [-0.25, -0.2) is 0 Å². The van der Waals surface area contributed by atoms with Crippen LogP contribution in [0.15, 0.2) is 66.5 Å². The highest BCUT2D eigenvalue weighted by Crippen LogP contribution is 2.32. The van der Waals surface area contributed by atoms with E-state index < -0.39 is 0 Å². The van der Waals surface area contributed by atoms with Crippen LogP contribution in [0.1, 0.15) is 27.0 Å². The number of carbonyl (C=O) groups is 2. The molecular weight excluding hydrogens is 431 g/mol. The van der Waals surface area contributed by atoms with Crippen molar-refractivity contribution in [3.05, 3.63) is 98.8 Å². The number of nitrogens with zero attached hydrogens (tertiary/aromatic N) is 2. The van der Waals surface area contributed by atoms with E-state index in [1.807, 2.05) is 18.2 Å². The van der Waals surface area contributed by atoms with Crippen LogP contribution in [0.2, 0.25) is 10.0 Å². The van der Waals surface area contributed by atoms with Gasteiger partial charge < -0.3 is 4.90 Å². The van der Waals surface area contributed by atoms with Gasteiger partial charge in [-0.3, -0.25) is 14.6 Å². The second kappa shape index (κ2) is 8.77. The van der Waals surface area contributed by atoms with Gasteiger partial charge in [0, 0.05) is 37.0 Å². The molecule has 1 aliphatic rings. The molecule has 31 heavy (non-hydrogen) atoms. The van der Waals surface area contributed by atoms with E-state index in [9.17, 15) is 9.59 Å². The molecule has 0 saturated carbocycles. The molecular formula is C25H16Cl2N2O2. The molecule has 0 spiro atoms. The highest BCUT2D eigenvalue weighted by Gasteiger charge is 2.32.